The Labute approximate surface area is 65.3 Å². The minimum Gasteiger partial charge on any atom is -0.273 e. The van der Waals surface area contributed by atoms with Crippen molar-refractivity contribution >= 4 is 11.8 Å². The minimum atomic E-state index is -0.154. The molecule has 0 spiro atoms. The molecule has 62 valence electrons. The van der Waals surface area contributed by atoms with Gasteiger partial charge in [-0.05, 0) is 12.8 Å². The second kappa shape index (κ2) is 3.37. The highest BCUT2D eigenvalue weighted by Gasteiger charge is 2.29. The zero-order chi connectivity index (χ0) is 8.27. The molecule has 2 N–H and O–H groups in total. The first-order valence-corrected chi connectivity index (χ1v) is 3.82. The van der Waals surface area contributed by atoms with Gasteiger partial charge in [0.05, 0.1) is 0 Å². The third kappa shape index (κ3) is 2.57. The average molecular weight is 156 g/mol. The smallest absolute Gasteiger partial charge is 0.241 e. The predicted molar refractivity (Wildman–Crippen MR) is 39.3 cm³/mol. The maximum atomic E-state index is 10.9. The molecule has 1 fully saturated rings. The van der Waals surface area contributed by atoms with E-state index in [4.69, 9.17) is 0 Å². The van der Waals surface area contributed by atoms with Gasteiger partial charge in [0.15, 0.2) is 0 Å². The van der Waals surface area contributed by atoms with Crippen molar-refractivity contribution in [2.45, 2.75) is 26.2 Å². The molecular weight excluding hydrogens is 144 g/mol. The van der Waals surface area contributed by atoms with E-state index in [9.17, 15) is 9.59 Å². The molecule has 0 unspecified atom stereocenters. The van der Waals surface area contributed by atoms with Crippen LogP contribution in [0.15, 0.2) is 0 Å². The Balaban J connectivity index is 2.10. The third-order valence-electron chi connectivity index (χ3n) is 1.59. The molecule has 0 atom stereocenters. The van der Waals surface area contributed by atoms with E-state index in [1.165, 1.54) is 0 Å². The van der Waals surface area contributed by atoms with Gasteiger partial charge in [-0.25, -0.2) is 0 Å². The van der Waals surface area contributed by atoms with E-state index in [1.807, 2.05) is 0 Å². The fourth-order valence-electron chi connectivity index (χ4n) is 0.667. The average Bonchev–Trinajstić information content (AvgIpc) is 2.81. The van der Waals surface area contributed by atoms with Gasteiger partial charge in [-0.2, -0.15) is 0 Å². The van der Waals surface area contributed by atoms with E-state index in [-0.39, 0.29) is 17.7 Å². The summed E-state index contributed by atoms with van der Waals surface area (Å²) < 4.78 is 0. The van der Waals surface area contributed by atoms with Gasteiger partial charge in [-0.15, -0.1) is 0 Å². The largest absolute Gasteiger partial charge is 0.273 e. The Morgan fingerprint density at radius 2 is 2.00 bits per heavy atom. The highest BCUT2D eigenvalue weighted by atomic mass is 16.2. The van der Waals surface area contributed by atoms with Crippen molar-refractivity contribution in [2.75, 3.05) is 0 Å². The molecule has 1 rings (SSSR count). The van der Waals surface area contributed by atoms with Crippen LogP contribution < -0.4 is 10.9 Å². The first-order valence-electron chi connectivity index (χ1n) is 3.82. The molecule has 0 aromatic heterocycles. The zero-order valence-corrected chi connectivity index (χ0v) is 6.52. The molecule has 0 aromatic carbocycles. The first-order chi connectivity index (χ1) is 5.24. The fraction of sp³-hybridized carbons (Fsp3) is 0.714. The molecule has 4 nitrogen and oxygen atoms in total. The van der Waals surface area contributed by atoms with E-state index in [0.29, 0.717) is 6.42 Å². The van der Waals surface area contributed by atoms with Crippen LogP contribution in [0.4, 0.5) is 0 Å². The second-order valence-electron chi connectivity index (χ2n) is 2.67. The van der Waals surface area contributed by atoms with Crippen LogP contribution in [-0.2, 0) is 9.59 Å². The minimum absolute atomic E-state index is 0.0631. The Kier molecular flexibility index (Phi) is 2.46. The van der Waals surface area contributed by atoms with E-state index >= 15 is 0 Å². The maximum Gasteiger partial charge on any atom is 0.241 e. The fourth-order valence-corrected chi connectivity index (χ4v) is 0.667. The van der Waals surface area contributed by atoms with Crippen LogP contribution in [0.25, 0.3) is 0 Å². The number of amides is 2. The highest BCUT2D eigenvalue weighted by Crippen LogP contribution is 2.28. The summed E-state index contributed by atoms with van der Waals surface area (Å²) >= 11 is 0. The van der Waals surface area contributed by atoms with Crippen LogP contribution in [0.3, 0.4) is 0 Å². The molecule has 0 aromatic rings. The topological polar surface area (TPSA) is 58.2 Å². The predicted octanol–water partition coefficient (Wildman–Crippen LogP) is -0.0462. The molecule has 4 heteroatoms. The highest BCUT2D eigenvalue weighted by molar-refractivity contribution is 5.84. The summed E-state index contributed by atoms with van der Waals surface area (Å²) in [7, 11) is 0. The van der Waals surface area contributed by atoms with Crippen LogP contribution >= 0.6 is 0 Å². The van der Waals surface area contributed by atoms with E-state index in [2.05, 4.69) is 10.9 Å². The molecule has 1 aliphatic rings. The van der Waals surface area contributed by atoms with E-state index < -0.39 is 0 Å². The van der Waals surface area contributed by atoms with Crippen molar-refractivity contribution < 1.29 is 9.59 Å². The third-order valence-corrected chi connectivity index (χ3v) is 1.59. The van der Waals surface area contributed by atoms with Crippen molar-refractivity contribution in [3.8, 4) is 0 Å². The molecule has 0 radical (unpaired) electrons. The summed E-state index contributed by atoms with van der Waals surface area (Å²) in [6.07, 6.45) is 2.30. The van der Waals surface area contributed by atoms with Crippen molar-refractivity contribution in [3.63, 3.8) is 0 Å². The van der Waals surface area contributed by atoms with Gasteiger partial charge >= 0.3 is 0 Å². The molecule has 0 aliphatic heterocycles. The Hall–Kier alpha value is -1.06. The molecule has 11 heavy (non-hydrogen) atoms. The van der Waals surface area contributed by atoms with Crippen LogP contribution in [0.1, 0.15) is 26.2 Å². The lowest BCUT2D eigenvalue weighted by Gasteiger charge is -2.03. The normalized spacial score (nSPS) is 15.7. The van der Waals surface area contributed by atoms with Crippen molar-refractivity contribution in [3.05, 3.63) is 0 Å². The Morgan fingerprint density at radius 1 is 1.36 bits per heavy atom. The summed E-state index contributed by atoms with van der Waals surface area (Å²) in [6.45, 7) is 1.73. The molecule has 0 bridgehead atoms. The molecule has 1 saturated carbocycles. The number of carbonyl (C=O) groups excluding carboxylic acids is 2. The summed E-state index contributed by atoms with van der Waals surface area (Å²) in [6, 6.07) is 0. The molecule has 0 heterocycles. The van der Waals surface area contributed by atoms with Crippen molar-refractivity contribution in [1.29, 1.82) is 0 Å². The number of hydrogen-bond donors (Lipinski definition) is 2. The molecular formula is C7H12N2O2. The standard InChI is InChI=1S/C7H12N2O2/c1-2-6(10)8-9-7(11)5-3-4-5/h5H,2-4H2,1H3,(H,8,10)(H,9,11). The number of nitrogens with one attached hydrogen (secondary N) is 2. The number of hydrogen-bond acceptors (Lipinski definition) is 2. The summed E-state index contributed by atoms with van der Waals surface area (Å²) in [5, 5.41) is 0. The lowest BCUT2D eigenvalue weighted by Crippen LogP contribution is -2.42. The van der Waals surface area contributed by atoms with Gasteiger partial charge in [0.2, 0.25) is 11.8 Å². The lowest BCUT2D eigenvalue weighted by atomic mass is 10.4. The summed E-state index contributed by atoms with van der Waals surface area (Å²) in [5.41, 5.74) is 4.67. The van der Waals surface area contributed by atoms with Gasteiger partial charge in [0.25, 0.3) is 0 Å². The molecule has 2 amide bonds. The van der Waals surface area contributed by atoms with Crippen LogP contribution in [-0.4, -0.2) is 11.8 Å². The van der Waals surface area contributed by atoms with Gasteiger partial charge in [-0.1, -0.05) is 6.92 Å². The monoisotopic (exact) mass is 156 g/mol. The van der Waals surface area contributed by atoms with E-state index in [0.717, 1.165) is 12.8 Å². The Bertz CT molecular complexity index is 175. The number of hydrazine groups is 1. The van der Waals surface area contributed by atoms with Gasteiger partial charge in [0, 0.05) is 12.3 Å². The second-order valence-corrected chi connectivity index (χ2v) is 2.67. The Morgan fingerprint density at radius 3 is 2.45 bits per heavy atom. The molecule has 1 aliphatic carbocycles. The van der Waals surface area contributed by atoms with Crippen LogP contribution in [0, 0.1) is 5.92 Å². The lowest BCUT2D eigenvalue weighted by molar-refractivity contribution is -0.129. The molecule has 0 saturated heterocycles. The SMILES string of the molecule is CCC(=O)NNC(=O)C1CC1. The first kappa shape index (κ1) is 8.04. The zero-order valence-electron chi connectivity index (χ0n) is 6.52. The van der Waals surface area contributed by atoms with Gasteiger partial charge in [0.1, 0.15) is 0 Å². The van der Waals surface area contributed by atoms with Crippen LogP contribution in [0.5, 0.6) is 0 Å². The van der Waals surface area contributed by atoms with E-state index in [1.54, 1.807) is 6.92 Å². The van der Waals surface area contributed by atoms with Crippen molar-refractivity contribution in [1.82, 2.24) is 10.9 Å². The van der Waals surface area contributed by atoms with Gasteiger partial charge in [-0.3, -0.25) is 20.4 Å². The van der Waals surface area contributed by atoms with Crippen molar-refractivity contribution in [2.24, 2.45) is 5.92 Å². The quantitative estimate of drug-likeness (QED) is 0.551. The van der Waals surface area contributed by atoms with Gasteiger partial charge < -0.3 is 0 Å². The number of rotatable bonds is 2. The number of carbonyl (C=O) groups is 2. The van der Waals surface area contributed by atoms with Crippen LogP contribution in [0.2, 0.25) is 0 Å². The maximum absolute atomic E-state index is 10.9. The summed E-state index contributed by atoms with van der Waals surface area (Å²) in [4.78, 5) is 21.5. The summed E-state index contributed by atoms with van der Waals surface area (Å²) in [5.74, 6) is -0.0713.